The summed E-state index contributed by atoms with van der Waals surface area (Å²) in [6, 6.07) is 12.5. The number of nitrogens with zero attached hydrogens (tertiary/aromatic N) is 1. The van der Waals surface area contributed by atoms with E-state index in [9.17, 15) is 9.59 Å². The van der Waals surface area contributed by atoms with Crippen molar-refractivity contribution in [2.45, 2.75) is 59.7 Å². The third kappa shape index (κ3) is 6.23. The lowest BCUT2D eigenvalue weighted by atomic mass is 10.1. The summed E-state index contributed by atoms with van der Waals surface area (Å²) in [6.07, 6.45) is 0.484. The lowest BCUT2D eigenvalue weighted by molar-refractivity contribution is -0.143. The van der Waals surface area contributed by atoms with Crippen LogP contribution < -0.4 is 10.1 Å². The zero-order chi connectivity index (χ0) is 22.3. The van der Waals surface area contributed by atoms with Gasteiger partial charge in [-0.15, -0.1) is 0 Å². The van der Waals surface area contributed by atoms with E-state index in [1.807, 2.05) is 71.0 Å². The van der Waals surface area contributed by atoms with Crippen LogP contribution in [0.25, 0.3) is 0 Å². The predicted molar refractivity (Wildman–Crippen MR) is 121 cm³/mol. The number of hydrogen-bond donors (Lipinski definition) is 1. The van der Waals surface area contributed by atoms with E-state index in [0.717, 1.165) is 16.7 Å². The van der Waals surface area contributed by atoms with Crippen molar-refractivity contribution in [2.75, 3.05) is 6.61 Å². The van der Waals surface area contributed by atoms with E-state index < -0.39 is 6.04 Å². The van der Waals surface area contributed by atoms with Gasteiger partial charge in [-0.2, -0.15) is 0 Å². The van der Waals surface area contributed by atoms with Crippen molar-refractivity contribution in [1.82, 2.24) is 10.2 Å². The molecule has 30 heavy (non-hydrogen) atoms. The smallest absolute Gasteiger partial charge is 0.261 e. The number of aryl methyl sites for hydroxylation is 1. The first kappa shape index (κ1) is 23.7. The number of halogens is 1. The Bertz CT molecular complexity index is 883. The average Bonchev–Trinajstić information content (AvgIpc) is 2.69. The molecule has 0 saturated carbocycles. The van der Waals surface area contributed by atoms with Crippen molar-refractivity contribution in [1.29, 1.82) is 0 Å². The lowest BCUT2D eigenvalue weighted by Gasteiger charge is -2.31. The van der Waals surface area contributed by atoms with E-state index in [1.165, 1.54) is 0 Å². The van der Waals surface area contributed by atoms with Gasteiger partial charge in [-0.05, 0) is 62.9 Å². The van der Waals surface area contributed by atoms with Crippen LogP contribution in [0.3, 0.4) is 0 Å². The molecule has 5 nitrogen and oxygen atoms in total. The van der Waals surface area contributed by atoms with Crippen molar-refractivity contribution >= 4 is 23.4 Å². The molecule has 6 heteroatoms. The van der Waals surface area contributed by atoms with E-state index in [0.29, 0.717) is 17.2 Å². The fourth-order valence-electron chi connectivity index (χ4n) is 3.21. The zero-order valence-electron chi connectivity index (χ0n) is 18.4. The van der Waals surface area contributed by atoms with Crippen LogP contribution in [-0.2, 0) is 16.1 Å². The second-order valence-corrected chi connectivity index (χ2v) is 8.09. The summed E-state index contributed by atoms with van der Waals surface area (Å²) < 4.78 is 5.83. The van der Waals surface area contributed by atoms with Crippen LogP contribution in [0.4, 0.5) is 0 Å². The van der Waals surface area contributed by atoms with Gasteiger partial charge in [-0.25, -0.2) is 0 Å². The third-order valence-electron chi connectivity index (χ3n) is 5.02. The quantitative estimate of drug-likeness (QED) is 0.629. The minimum Gasteiger partial charge on any atom is -0.483 e. The highest BCUT2D eigenvalue weighted by atomic mass is 35.5. The Hall–Kier alpha value is -2.53. The number of ether oxygens (including phenoxy) is 1. The summed E-state index contributed by atoms with van der Waals surface area (Å²) in [6.45, 7) is 9.73. The van der Waals surface area contributed by atoms with E-state index in [4.69, 9.17) is 16.3 Å². The first-order chi connectivity index (χ1) is 14.2. The van der Waals surface area contributed by atoms with Crippen LogP contribution in [0.1, 0.15) is 43.9 Å². The van der Waals surface area contributed by atoms with Crippen LogP contribution in [0.2, 0.25) is 5.02 Å². The Labute approximate surface area is 184 Å². The normalized spacial score (nSPS) is 11.8. The number of carbonyl (C=O) groups excluding carboxylic acids is 2. The van der Waals surface area contributed by atoms with E-state index >= 15 is 0 Å². The maximum absolute atomic E-state index is 13.2. The number of carbonyl (C=O) groups is 2. The van der Waals surface area contributed by atoms with Gasteiger partial charge in [-0.3, -0.25) is 9.59 Å². The summed E-state index contributed by atoms with van der Waals surface area (Å²) in [5, 5.41) is 3.47. The lowest BCUT2D eigenvalue weighted by Crippen LogP contribution is -2.51. The Morgan fingerprint density at radius 1 is 1.10 bits per heavy atom. The van der Waals surface area contributed by atoms with Crippen LogP contribution in [-0.4, -0.2) is 35.4 Å². The van der Waals surface area contributed by atoms with Gasteiger partial charge in [-0.1, -0.05) is 48.9 Å². The standard InChI is InChI=1S/C24H31ClN2O3/c1-6-21(24(29)26-16(2)3)27(14-19-11-7-8-12-20(19)25)23(28)15-30-22-13-9-10-17(4)18(22)5/h7-13,16,21H,6,14-15H2,1-5H3,(H,26,29)/t21-/m1/s1. The average molecular weight is 431 g/mol. The molecule has 0 aliphatic rings. The number of benzene rings is 2. The topological polar surface area (TPSA) is 58.6 Å². The van der Waals surface area contributed by atoms with Gasteiger partial charge in [0.2, 0.25) is 5.91 Å². The molecule has 2 aromatic carbocycles. The Balaban J connectivity index is 2.26. The van der Waals surface area contributed by atoms with Crippen molar-refractivity contribution in [3.05, 3.63) is 64.2 Å². The molecule has 1 atom stereocenters. The Morgan fingerprint density at radius 2 is 1.80 bits per heavy atom. The summed E-state index contributed by atoms with van der Waals surface area (Å²) in [5.74, 6) is 0.224. The summed E-state index contributed by atoms with van der Waals surface area (Å²) in [7, 11) is 0. The predicted octanol–water partition coefficient (Wildman–Crippen LogP) is 4.67. The maximum Gasteiger partial charge on any atom is 0.261 e. The Morgan fingerprint density at radius 3 is 2.43 bits per heavy atom. The molecule has 0 unspecified atom stereocenters. The number of nitrogens with one attached hydrogen (secondary N) is 1. The fourth-order valence-corrected chi connectivity index (χ4v) is 3.41. The molecular formula is C24H31ClN2O3. The van der Waals surface area contributed by atoms with Crippen LogP contribution >= 0.6 is 11.6 Å². The molecule has 162 valence electrons. The molecule has 2 aromatic rings. The van der Waals surface area contributed by atoms with Crippen LogP contribution in [0.15, 0.2) is 42.5 Å². The van der Waals surface area contributed by atoms with E-state index in [2.05, 4.69) is 5.32 Å². The number of rotatable bonds is 9. The first-order valence-corrected chi connectivity index (χ1v) is 10.6. The van der Waals surface area contributed by atoms with Crippen molar-refractivity contribution in [3.8, 4) is 5.75 Å². The molecule has 0 spiro atoms. The van der Waals surface area contributed by atoms with Crippen molar-refractivity contribution in [3.63, 3.8) is 0 Å². The zero-order valence-corrected chi connectivity index (χ0v) is 19.1. The molecule has 2 amide bonds. The molecular weight excluding hydrogens is 400 g/mol. The summed E-state index contributed by atoms with van der Waals surface area (Å²) in [5.41, 5.74) is 2.87. The summed E-state index contributed by atoms with van der Waals surface area (Å²) in [4.78, 5) is 27.6. The fraction of sp³-hybridized carbons (Fsp3) is 0.417. The molecule has 0 aliphatic heterocycles. The van der Waals surface area contributed by atoms with Gasteiger partial charge in [0.15, 0.2) is 6.61 Å². The van der Waals surface area contributed by atoms with Crippen molar-refractivity contribution in [2.24, 2.45) is 0 Å². The maximum atomic E-state index is 13.2. The van der Waals surface area contributed by atoms with Gasteiger partial charge in [0.05, 0.1) is 0 Å². The minimum absolute atomic E-state index is 0.0185. The molecule has 1 N–H and O–H groups in total. The molecule has 0 aliphatic carbocycles. The number of hydrogen-bond acceptors (Lipinski definition) is 3. The molecule has 0 radical (unpaired) electrons. The summed E-state index contributed by atoms with van der Waals surface area (Å²) >= 11 is 6.33. The second-order valence-electron chi connectivity index (χ2n) is 7.69. The van der Waals surface area contributed by atoms with Crippen molar-refractivity contribution < 1.29 is 14.3 Å². The molecule has 0 saturated heterocycles. The molecule has 2 rings (SSSR count). The monoisotopic (exact) mass is 430 g/mol. The third-order valence-corrected chi connectivity index (χ3v) is 5.39. The second kappa shape index (κ2) is 11.0. The molecule has 0 bridgehead atoms. The largest absolute Gasteiger partial charge is 0.483 e. The highest BCUT2D eigenvalue weighted by molar-refractivity contribution is 6.31. The SMILES string of the molecule is CC[C@H](C(=O)NC(C)C)N(Cc1ccccc1Cl)C(=O)COc1cccc(C)c1C. The van der Waals surface area contributed by atoms with Gasteiger partial charge in [0.25, 0.3) is 5.91 Å². The van der Waals surface area contributed by atoms with Gasteiger partial charge in [0, 0.05) is 17.6 Å². The van der Waals surface area contributed by atoms with Gasteiger partial charge >= 0.3 is 0 Å². The number of amides is 2. The first-order valence-electron chi connectivity index (χ1n) is 10.3. The van der Waals surface area contributed by atoms with Crippen LogP contribution in [0.5, 0.6) is 5.75 Å². The molecule has 0 aromatic heterocycles. The van der Waals surface area contributed by atoms with Gasteiger partial charge in [0.1, 0.15) is 11.8 Å². The van der Waals surface area contributed by atoms with E-state index in [-0.39, 0.29) is 31.0 Å². The molecule has 0 fully saturated rings. The highest BCUT2D eigenvalue weighted by Gasteiger charge is 2.29. The minimum atomic E-state index is -0.613. The van der Waals surface area contributed by atoms with Gasteiger partial charge < -0.3 is 15.0 Å². The van der Waals surface area contributed by atoms with Crippen LogP contribution in [0, 0.1) is 13.8 Å². The Kier molecular flexibility index (Phi) is 8.72. The highest BCUT2D eigenvalue weighted by Crippen LogP contribution is 2.22. The molecule has 0 heterocycles. The van der Waals surface area contributed by atoms with E-state index in [1.54, 1.807) is 11.0 Å².